The van der Waals surface area contributed by atoms with Crippen LogP contribution in [0.3, 0.4) is 0 Å². The first-order valence-corrected chi connectivity index (χ1v) is 7.24. The molecule has 2 rings (SSSR count). The van der Waals surface area contributed by atoms with Gasteiger partial charge < -0.3 is 10.3 Å². The minimum Gasteiger partial charge on any atom is -0.393 e. The Morgan fingerprint density at radius 2 is 2.00 bits per heavy atom. The molecule has 1 heterocycles. The molecule has 3 nitrogen and oxygen atoms in total. The number of benzene rings is 1. The molecule has 1 aromatic heterocycles. The summed E-state index contributed by atoms with van der Waals surface area (Å²) in [6.45, 7) is 4.42. The molecule has 0 saturated carbocycles. The highest BCUT2D eigenvalue weighted by atomic mass is 32.1. The van der Waals surface area contributed by atoms with Crippen LogP contribution in [-0.2, 0) is 6.54 Å². The first kappa shape index (κ1) is 14.0. The van der Waals surface area contributed by atoms with Crippen LogP contribution < -0.4 is 10.6 Å². The van der Waals surface area contributed by atoms with Crippen molar-refractivity contribution in [2.75, 3.05) is 0 Å². The van der Waals surface area contributed by atoms with Crippen molar-refractivity contribution in [1.82, 2.24) is 4.57 Å². The summed E-state index contributed by atoms with van der Waals surface area (Å²) in [5.41, 5.74) is 7.88. The average Bonchev–Trinajstić information content (AvgIpc) is 2.62. The second-order valence-electron chi connectivity index (χ2n) is 4.49. The van der Waals surface area contributed by atoms with Crippen LogP contribution in [0, 0.1) is 13.8 Å². The van der Waals surface area contributed by atoms with Crippen molar-refractivity contribution in [3.63, 3.8) is 0 Å². The summed E-state index contributed by atoms with van der Waals surface area (Å²) in [7, 11) is 0. The van der Waals surface area contributed by atoms with Gasteiger partial charge in [0.15, 0.2) is 0 Å². The van der Waals surface area contributed by atoms with Gasteiger partial charge in [-0.1, -0.05) is 53.9 Å². The van der Waals surface area contributed by atoms with Gasteiger partial charge in [-0.3, -0.25) is 4.79 Å². The van der Waals surface area contributed by atoms with Gasteiger partial charge >= 0.3 is 4.87 Å². The van der Waals surface area contributed by atoms with Crippen molar-refractivity contribution in [3.05, 3.63) is 56.1 Å². The predicted molar refractivity (Wildman–Crippen MR) is 84.0 cm³/mol. The highest BCUT2D eigenvalue weighted by Crippen LogP contribution is 2.20. The summed E-state index contributed by atoms with van der Waals surface area (Å²) >= 11 is 6.43. The Balaban J connectivity index is 2.38. The molecule has 5 heteroatoms. The smallest absolute Gasteiger partial charge is 0.307 e. The Kier molecular flexibility index (Phi) is 4.17. The molecule has 0 amide bonds. The Labute approximate surface area is 121 Å². The first-order valence-electron chi connectivity index (χ1n) is 6.01. The van der Waals surface area contributed by atoms with Crippen molar-refractivity contribution >= 4 is 28.5 Å². The number of hydrogen-bond donors (Lipinski definition) is 1. The lowest BCUT2D eigenvalue weighted by molar-refractivity contribution is 0.634. The molecule has 0 aliphatic carbocycles. The molecule has 0 aliphatic heterocycles. The van der Waals surface area contributed by atoms with Crippen LogP contribution in [0.4, 0.5) is 0 Å². The third-order valence-electron chi connectivity index (χ3n) is 3.29. The summed E-state index contributed by atoms with van der Waals surface area (Å²) in [6.07, 6.45) is 0. The fraction of sp³-hybridized carbons (Fsp3) is 0.286. The van der Waals surface area contributed by atoms with E-state index in [-0.39, 0.29) is 10.8 Å². The molecule has 0 radical (unpaired) electrons. The highest BCUT2D eigenvalue weighted by molar-refractivity contribution is 7.80. The summed E-state index contributed by atoms with van der Waals surface area (Å²) in [5.74, 6) is -0.110. The lowest BCUT2D eigenvalue weighted by Crippen LogP contribution is -2.27. The molecule has 1 aromatic carbocycles. The van der Waals surface area contributed by atoms with E-state index in [0.29, 0.717) is 11.5 Å². The van der Waals surface area contributed by atoms with E-state index in [1.54, 1.807) is 4.57 Å². The number of nitrogens with zero attached hydrogens (tertiary/aromatic N) is 1. The maximum absolute atomic E-state index is 11.9. The lowest BCUT2D eigenvalue weighted by Gasteiger charge is -2.17. The second-order valence-corrected chi connectivity index (χ2v) is 6.12. The number of thiazole rings is 1. The zero-order chi connectivity index (χ0) is 14.0. The van der Waals surface area contributed by atoms with E-state index in [4.69, 9.17) is 18.0 Å². The molecule has 19 heavy (non-hydrogen) atoms. The summed E-state index contributed by atoms with van der Waals surface area (Å²) in [5, 5.41) is 0. The molecule has 2 N–H and O–H groups in total. The normalized spacial score (nSPS) is 12.3. The Morgan fingerprint density at radius 3 is 2.47 bits per heavy atom. The van der Waals surface area contributed by atoms with Gasteiger partial charge in [-0.15, -0.1) is 0 Å². The van der Waals surface area contributed by atoms with Gasteiger partial charge in [0.05, 0.1) is 10.9 Å². The number of nitrogens with two attached hydrogens (primary N) is 1. The third-order valence-corrected chi connectivity index (χ3v) is 4.57. The van der Waals surface area contributed by atoms with Crippen LogP contribution in [0.25, 0.3) is 0 Å². The van der Waals surface area contributed by atoms with E-state index in [2.05, 4.69) is 0 Å². The van der Waals surface area contributed by atoms with E-state index in [1.165, 1.54) is 11.3 Å². The molecular weight excluding hydrogens is 276 g/mol. The Morgan fingerprint density at radius 1 is 1.37 bits per heavy atom. The predicted octanol–water partition coefficient (Wildman–Crippen LogP) is 2.60. The van der Waals surface area contributed by atoms with Crippen molar-refractivity contribution in [3.8, 4) is 0 Å². The third kappa shape index (κ3) is 2.93. The zero-order valence-corrected chi connectivity index (χ0v) is 12.6. The number of thiocarbonyl (C=S) groups is 1. The maximum atomic E-state index is 11.9. The van der Waals surface area contributed by atoms with Gasteiger partial charge in [0.25, 0.3) is 0 Å². The SMILES string of the molecule is Cc1sc(=O)n(CC(C(N)=S)c2ccccc2)c1C. The van der Waals surface area contributed by atoms with Crippen molar-refractivity contribution in [2.24, 2.45) is 5.73 Å². The molecule has 1 atom stereocenters. The van der Waals surface area contributed by atoms with Crippen molar-refractivity contribution < 1.29 is 0 Å². The standard InChI is InChI=1S/C14H16N2OS2/c1-9-10(2)19-14(17)16(9)8-12(13(15)18)11-6-4-3-5-7-11/h3-7,12H,8H2,1-2H3,(H2,15,18). The molecule has 0 bridgehead atoms. The van der Waals surface area contributed by atoms with Gasteiger partial charge in [-0.2, -0.15) is 0 Å². The molecule has 2 aromatic rings. The Hall–Kier alpha value is -1.46. The van der Waals surface area contributed by atoms with Crippen LogP contribution in [-0.4, -0.2) is 9.56 Å². The minimum absolute atomic E-state index is 0.0483. The summed E-state index contributed by atoms with van der Waals surface area (Å²) in [4.78, 5) is 13.5. The summed E-state index contributed by atoms with van der Waals surface area (Å²) < 4.78 is 1.76. The fourth-order valence-electron chi connectivity index (χ4n) is 2.03. The molecular formula is C14H16N2OS2. The van der Waals surface area contributed by atoms with Crippen LogP contribution in [0.2, 0.25) is 0 Å². The first-order chi connectivity index (χ1) is 9.00. The number of aryl methyl sites for hydroxylation is 1. The molecule has 0 fully saturated rings. The topological polar surface area (TPSA) is 48.0 Å². The molecule has 100 valence electrons. The number of hydrogen-bond acceptors (Lipinski definition) is 3. The second kappa shape index (κ2) is 5.67. The largest absolute Gasteiger partial charge is 0.393 e. The lowest BCUT2D eigenvalue weighted by atomic mass is 9.99. The summed E-state index contributed by atoms with van der Waals surface area (Å²) in [6, 6.07) is 9.84. The van der Waals surface area contributed by atoms with E-state index in [0.717, 1.165) is 16.1 Å². The molecule has 0 aliphatic rings. The Bertz CT molecular complexity index is 643. The van der Waals surface area contributed by atoms with Crippen LogP contribution in [0.15, 0.2) is 35.1 Å². The molecule has 0 saturated heterocycles. The average molecular weight is 292 g/mol. The van der Waals surface area contributed by atoms with Gasteiger partial charge in [0, 0.05) is 17.1 Å². The molecule has 1 unspecified atom stereocenters. The van der Waals surface area contributed by atoms with Crippen LogP contribution in [0.5, 0.6) is 0 Å². The quantitative estimate of drug-likeness (QED) is 0.881. The number of rotatable bonds is 4. The van der Waals surface area contributed by atoms with Gasteiger partial charge in [-0.05, 0) is 19.4 Å². The monoisotopic (exact) mass is 292 g/mol. The van der Waals surface area contributed by atoms with Crippen molar-refractivity contribution in [1.29, 1.82) is 0 Å². The van der Waals surface area contributed by atoms with Gasteiger partial charge in [-0.25, -0.2) is 0 Å². The van der Waals surface area contributed by atoms with Gasteiger partial charge in [0.1, 0.15) is 0 Å². The van der Waals surface area contributed by atoms with E-state index in [9.17, 15) is 4.79 Å². The zero-order valence-electron chi connectivity index (χ0n) is 10.9. The van der Waals surface area contributed by atoms with E-state index in [1.807, 2.05) is 44.2 Å². The molecule has 0 spiro atoms. The van der Waals surface area contributed by atoms with Crippen LogP contribution in [0.1, 0.15) is 22.1 Å². The van der Waals surface area contributed by atoms with E-state index < -0.39 is 0 Å². The van der Waals surface area contributed by atoms with Crippen molar-refractivity contribution in [2.45, 2.75) is 26.3 Å². The van der Waals surface area contributed by atoms with Gasteiger partial charge in [0.2, 0.25) is 0 Å². The minimum atomic E-state index is -0.110. The van der Waals surface area contributed by atoms with E-state index >= 15 is 0 Å². The van der Waals surface area contributed by atoms with Crippen LogP contribution >= 0.6 is 23.6 Å². The maximum Gasteiger partial charge on any atom is 0.307 e. The number of aromatic nitrogens is 1. The highest BCUT2D eigenvalue weighted by Gasteiger charge is 2.18. The fourth-order valence-corrected chi connectivity index (χ4v) is 3.08.